The minimum Gasteiger partial charge on any atom is -0.400 e. The predicted molar refractivity (Wildman–Crippen MR) is 91.6 cm³/mol. The summed E-state index contributed by atoms with van der Waals surface area (Å²) in [5, 5.41) is 16.0. The Morgan fingerprint density at radius 1 is 1.08 bits per heavy atom. The van der Waals surface area contributed by atoms with E-state index in [0.29, 0.717) is 13.1 Å². The van der Waals surface area contributed by atoms with Crippen LogP contribution in [0.2, 0.25) is 0 Å². The van der Waals surface area contributed by atoms with Crippen molar-refractivity contribution in [3.05, 3.63) is 24.0 Å². The summed E-state index contributed by atoms with van der Waals surface area (Å²) >= 11 is 0. The number of halogens is 3. The van der Waals surface area contributed by atoms with Gasteiger partial charge in [-0.15, -0.1) is 0 Å². The number of aromatic nitrogens is 1. The number of aliphatic hydroxyl groups excluding tert-OH is 2. The van der Waals surface area contributed by atoms with E-state index in [9.17, 15) is 13.2 Å². The first-order valence-corrected chi connectivity index (χ1v) is 8.45. The Labute approximate surface area is 147 Å². The topological polar surface area (TPSA) is 59.8 Å². The second-order valence-electron chi connectivity index (χ2n) is 6.12. The molecular weight excluding hydrogens is 335 g/mol. The minimum absolute atomic E-state index is 0.0220. The van der Waals surface area contributed by atoms with Crippen LogP contribution < -0.4 is 4.90 Å². The zero-order chi connectivity index (χ0) is 18.9. The molecule has 0 saturated carbocycles. The van der Waals surface area contributed by atoms with Gasteiger partial charge in [-0.25, -0.2) is 0 Å². The normalized spacial score (nSPS) is 18.9. The van der Waals surface area contributed by atoms with E-state index in [-0.39, 0.29) is 11.8 Å². The molecule has 0 amide bonds. The third-order valence-corrected chi connectivity index (χ3v) is 4.24. The molecule has 2 N–H and O–H groups in total. The third-order valence-electron chi connectivity index (χ3n) is 4.24. The van der Waals surface area contributed by atoms with Crippen LogP contribution in [0.1, 0.15) is 31.2 Å². The first-order valence-electron chi connectivity index (χ1n) is 8.45. The summed E-state index contributed by atoms with van der Waals surface area (Å²) < 4.78 is 37.9. The molecule has 1 aromatic heterocycles. The number of anilines is 1. The molecule has 1 aromatic rings. The van der Waals surface area contributed by atoms with E-state index in [2.05, 4.69) is 16.9 Å². The van der Waals surface area contributed by atoms with Crippen molar-refractivity contribution in [1.29, 1.82) is 0 Å². The number of piperidine rings is 1. The van der Waals surface area contributed by atoms with E-state index in [4.69, 9.17) is 10.2 Å². The zero-order valence-electron chi connectivity index (χ0n) is 14.8. The Kier molecular flexibility index (Phi) is 9.16. The molecule has 2 aliphatic heterocycles. The van der Waals surface area contributed by atoms with E-state index in [1.807, 2.05) is 0 Å². The maximum Gasteiger partial charge on any atom is 0.418 e. The maximum absolute atomic E-state index is 12.6. The van der Waals surface area contributed by atoms with Gasteiger partial charge in [0.1, 0.15) is 0 Å². The zero-order valence-corrected chi connectivity index (χ0v) is 14.8. The van der Waals surface area contributed by atoms with Crippen LogP contribution in [0.25, 0.3) is 0 Å². The molecule has 2 fully saturated rings. The minimum atomic E-state index is -4.29. The molecule has 8 heteroatoms. The van der Waals surface area contributed by atoms with Gasteiger partial charge < -0.3 is 20.0 Å². The van der Waals surface area contributed by atoms with Crippen LogP contribution in [0.5, 0.6) is 0 Å². The fraction of sp³-hybridized carbons (Fsp3) is 0.706. The molecule has 0 atom stereocenters. The van der Waals surface area contributed by atoms with Gasteiger partial charge in [0, 0.05) is 39.5 Å². The van der Waals surface area contributed by atoms with E-state index >= 15 is 0 Å². The van der Waals surface area contributed by atoms with E-state index in [1.165, 1.54) is 12.4 Å². The van der Waals surface area contributed by atoms with Gasteiger partial charge in [0.05, 0.1) is 23.6 Å². The lowest BCUT2D eigenvalue weighted by Gasteiger charge is -2.25. The lowest BCUT2D eigenvalue weighted by molar-refractivity contribution is -0.137. The molecule has 144 valence electrons. The quantitative estimate of drug-likeness (QED) is 0.802. The number of alkyl halides is 3. The van der Waals surface area contributed by atoms with E-state index in [0.717, 1.165) is 51.9 Å². The van der Waals surface area contributed by atoms with Crippen LogP contribution in [-0.2, 0) is 6.18 Å². The average molecular weight is 363 g/mol. The van der Waals surface area contributed by atoms with Gasteiger partial charge in [0.2, 0.25) is 0 Å². The monoisotopic (exact) mass is 363 g/mol. The molecule has 3 rings (SSSR count). The molecular formula is C17H28F3N3O2. The highest BCUT2D eigenvalue weighted by atomic mass is 19.4. The summed E-state index contributed by atoms with van der Waals surface area (Å²) in [6, 6.07) is 1.04. The number of pyridine rings is 1. The fourth-order valence-electron chi connectivity index (χ4n) is 2.83. The Hall–Kier alpha value is -1.38. The molecule has 5 nitrogen and oxygen atoms in total. The Balaban J connectivity index is 0.000000264. The van der Waals surface area contributed by atoms with Crippen LogP contribution in [0.4, 0.5) is 18.9 Å². The van der Waals surface area contributed by atoms with Crippen molar-refractivity contribution in [2.45, 2.75) is 38.0 Å². The number of hydrogen-bond donors (Lipinski definition) is 2. The predicted octanol–water partition coefficient (Wildman–Crippen LogP) is 2.38. The molecule has 0 aliphatic carbocycles. The average Bonchev–Trinajstić information content (AvgIpc) is 3.14. The van der Waals surface area contributed by atoms with Gasteiger partial charge in [-0.05, 0) is 38.8 Å². The Morgan fingerprint density at radius 2 is 1.64 bits per heavy atom. The second-order valence-corrected chi connectivity index (χ2v) is 6.12. The molecule has 0 unspecified atom stereocenters. The summed E-state index contributed by atoms with van der Waals surface area (Å²) in [6.07, 6.45) is 1.98. The lowest BCUT2D eigenvalue weighted by atomic mass is 10.1. The number of aliphatic hydroxyl groups is 2. The van der Waals surface area contributed by atoms with E-state index < -0.39 is 11.7 Å². The van der Waals surface area contributed by atoms with Crippen molar-refractivity contribution in [3.8, 4) is 0 Å². The van der Waals surface area contributed by atoms with Crippen molar-refractivity contribution in [3.63, 3.8) is 0 Å². The van der Waals surface area contributed by atoms with Gasteiger partial charge in [0.25, 0.3) is 0 Å². The molecule has 0 bridgehead atoms. The van der Waals surface area contributed by atoms with Crippen LogP contribution in [0.3, 0.4) is 0 Å². The smallest absolute Gasteiger partial charge is 0.400 e. The fourth-order valence-corrected chi connectivity index (χ4v) is 2.83. The van der Waals surface area contributed by atoms with Crippen LogP contribution in [0.15, 0.2) is 18.5 Å². The lowest BCUT2D eigenvalue weighted by Crippen LogP contribution is -2.32. The van der Waals surface area contributed by atoms with Crippen LogP contribution >= 0.6 is 0 Å². The van der Waals surface area contributed by atoms with Crippen molar-refractivity contribution in [1.82, 2.24) is 9.88 Å². The van der Waals surface area contributed by atoms with Crippen molar-refractivity contribution in [2.24, 2.45) is 0 Å². The number of hydrogen-bond acceptors (Lipinski definition) is 5. The number of rotatable bonds is 1. The number of likely N-dealkylation sites (tertiary alicyclic amines) is 1. The standard InChI is InChI=1S/C10H11F3N2.C6H13NO.CH4O/c11-10(12,13)8-3-4-14-7-9(8)15-5-1-2-6-15;1-7-4-2-6(8)3-5-7;1-2/h3-4,7H,1-2,5-6H2;6,8H,2-5H2,1H3;2H,1H3. The van der Waals surface area contributed by atoms with Crippen LogP contribution in [-0.4, -0.2) is 66.5 Å². The van der Waals surface area contributed by atoms with Gasteiger partial charge >= 0.3 is 6.18 Å². The molecule has 3 heterocycles. The Bertz CT molecular complexity index is 476. The first kappa shape index (κ1) is 21.7. The summed E-state index contributed by atoms with van der Waals surface area (Å²) in [5.74, 6) is 0. The second kappa shape index (κ2) is 10.6. The maximum atomic E-state index is 12.6. The number of nitrogens with zero attached hydrogens (tertiary/aromatic N) is 3. The molecule has 0 radical (unpaired) electrons. The summed E-state index contributed by atoms with van der Waals surface area (Å²) in [4.78, 5) is 7.75. The Morgan fingerprint density at radius 3 is 2.12 bits per heavy atom. The summed E-state index contributed by atoms with van der Waals surface area (Å²) in [7, 11) is 3.09. The van der Waals surface area contributed by atoms with Gasteiger partial charge in [0.15, 0.2) is 0 Å². The van der Waals surface area contributed by atoms with Gasteiger partial charge in [-0.2, -0.15) is 13.2 Å². The highest BCUT2D eigenvalue weighted by molar-refractivity contribution is 5.53. The summed E-state index contributed by atoms with van der Waals surface area (Å²) in [6.45, 7) is 3.49. The first-order chi connectivity index (χ1) is 11.9. The van der Waals surface area contributed by atoms with E-state index in [1.54, 1.807) is 4.90 Å². The van der Waals surface area contributed by atoms with Gasteiger partial charge in [-0.3, -0.25) is 4.98 Å². The molecule has 0 spiro atoms. The SMILES string of the molecule is CN1CCC(O)CC1.CO.FC(F)(F)c1ccncc1N1CCCC1. The molecule has 25 heavy (non-hydrogen) atoms. The summed E-state index contributed by atoms with van der Waals surface area (Å²) in [5.41, 5.74) is -0.373. The molecule has 0 aromatic carbocycles. The van der Waals surface area contributed by atoms with Crippen molar-refractivity contribution in [2.75, 3.05) is 45.2 Å². The van der Waals surface area contributed by atoms with Crippen LogP contribution in [0, 0.1) is 0 Å². The highest BCUT2D eigenvalue weighted by Crippen LogP contribution is 2.36. The van der Waals surface area contributed by atoms with Gasteiger partial charge in [-0.1, -0.05) is 0 Å². The molecule has 2 aliphatic rings. The third kappa shape index (κ3) is 7.17. The van der Waals surface area contributed by atoms with Crippen molar-refractivity contribution >= 4 is 5.69 Å². The molecule has 2 saturated heterocycles. The van der Waals surface area contributed by atoms with Crippen molar-refractivity contribution < 1.29 is 23.4 Å². The largest absolute Gasteiger partial charge is 0.418 e. The highest BCUT2D eigenvalue weighted by Gasteiger charge is 2.35.